The van der Waals surface area contributed by atoms with Crippen molar-refractivity contribution in [2.75, 3.05) is 44.7 Å². The minimum Gasteiger partial charge on any atom is -0.496 e. The number of nitrogens with zero attached hydrogens (tertiary/aromatic N) is 3. The van der Waals surface area contributed by atoms with Crippen molar-refractivity contribution < 1.29 is 14.3 Å². The summed E-state index contributed by atoms with van der Waals surface area (Å²) in [5.41, 5.74) is 3.21. The van der Waals surface area contributed by atoms with Crippen molar-refractivity contribution in [2.45, 2.75) is 13.8 Å². The van der Waals surface area contributed by atoms with Crippen LogP contribution in [0.2, 0.25) is 0 Å². The van der Waals surface area contributed by atoms with Crippen LogP contribution in [0.25, 0.3) is 5.57 Å². The van der Waals surface area contributed by atoms with E-state index in [0.29, 0.717) is 41.4 Å². The Labute approximate surface area is 177 Å². The summed E-state index contributed by atoms with van der Waals surface area (Å²) < 4.78 is 5.53. The number of anilines is 1. The molecule has 1 saturated heterocycles. The van der Waals surface area contributed by atoms with Crippen LogP contribution in [0.15, 0.2) is 54.2 Å². The van der Waals surface area contributed by atoms with Crippen LogP contribution in [0.5, 0.6) is 5.75 Å². The summed E-state index contributed by atoms with van der Waals surface area (Å²) in [7, 11) is 1.58. The van der Waals surface area contributed by atoms with E-state index in [4.69, 9.17) is 4.74 Å². The van der Waals surface area contributed by atoms with Crippen LogP contribution in [0, 0.1) is 6.92 Å². The van der Waals surface area contributed by atoms with Gasteiger partial charge in [-0.05, 0) is 31.7 Å². The van der Waals surface area contributed by atoms with Gasteiger partial charge in [-0.2, -0.15) is 0 Å². The van der Waals surface area contributed by atoms with Gasteiger partial charge in [-0.1, -0.05) is 42.8 Å². The zero-order chi connectivity index (χ0) is 21.3. The standard InChI is InChI=1S/C24H27N3O3/c1-4-25-13-15-26(16-14-25)22-21(19-7-5-6-8-20(19)30-3)23(28)27(24(22)29)18-11-9-17(2)10-12-18/h5-12H,4,13-16H2,1-3H3. The molecule has 4 rings (SSSR count). The van der Waals surface area contributed by atoms with Gasteiger partial charge in [0.2, 0.25) is 0 Å². The van der Waals surface area contributed by atoms with Crippen molar-refractivity contribution in [3.05, 3.63) is 65.4 Å². The van der Waals surface area contributed by atoms with E-state index in [1.54, 1.807) is 7.11 Å². The number of para-hydroxylation sites is 1. The third-order valence-corrected chi connectivity index (χ3v) is 5.86. The fraction of sp³-hybridized carbons (Fsp3) is 0.333. The molecule has 2 heterocycles. The maximum absolute atomic E-state index is 13.6. The number of carbonyl (C=O) groups is 2. The van der Waals surface area contributed by atoms with Gasteiger partial charge in [0.25, 0.3) is 11.8 Å². The number of hydrogen-bond acceptors (Lipinski definition) is 5. The first kappa shape index (κ1) is 20.2. The average Bonchev–Trinajstić information content (AvgIpc) is 3.04. The van der Waals surface area contributed by atoms with Gasteiger partial charge in [0.1, 0.15) is 11.4 Å². The molecule has 0 spiro atoms. The van der Waals surface area contributed by atoms with Crippen molar-refractivity contribution in [1.29, 1.82) is 0 Å². The first-order valence-electron chi connectivity index (χ1n) is 10.4. The zero-order valence-electron chi connectivity index (χ0n) is 17.7. The first-order chi connectivity index (χ1) is 14.5. The van der Waals surface area contributed by atoms with E-state index in [2.05, 4.69) is 16.7 Å². The van der Waals surface area contributed by atoms with Gasteiger partial charge in [0, 0.05) is 31.7 Å². The molecule has 6 nitrogen and oxygen atoms in total. The van der Waals surface area contributed by atoms with Gasteiger partial charge < -0.3 is 14.5 Å². The molecule has 0 saturated carbocycles. The van der Waals surface area contributed by atoms with Crippen molar-refractivity contribution in [3.63, 3.8) is 0 Å². The highest BCUT2D eigenvalue weighted by Gasteiger charge is 2.43. The van der Waals surface area contributed by atoms with Gasteiger partial charge in [0.05, 0.1) is 18.4 Å². The summed E-state index contributed by atoms with van der Waals surface area (Å²) in [4.78, 5) is 32.9. The van der Waals surface area contributed by atoms with E-state index >= 15 is 0 Å². The fourth-order valence-electron chi connectivity index (χ4n) is 4.12. The second-order valence-corrected chi connectivity index (χ2v) is 7.63. The topological polar surface area (TPSA) is 53.1 Å². The molecule has 2 aromatic carbocycles. The third-order valence-electron chi connectivity index (χ3n) is 5.86. The zero-order valence-corrected chi connectivity index (χ0v) is 17.7. The van der Waals surface area contributed by atoms with Gasteiger partial charge >= 0.3 is 0 Å². The predicted octanol–water partition coefficient (Wildman–Crippen LogP) is 2.93. The summed E-state index contributed by atoms with van der Waals surface area (Å²) in [5, 5.41) is 0. The van der Waals surface area contributed by atoms with E-state index in [1.165, 1.54) is 4.90 Å². The summed E-state index contributed by atoms with van der Waals surface area (Å²) in [6, 6.07) is 14.9. The SMILES string of the molecule is CCN1CCN(C2=C(c3ccccc3OC)C(=O)N(c3ccc(C)cc3)C2=O)CC1. The molecule has 30 heavy (non-hydrogen) atoms. The Morgan fingerprint density at radius 1 is 0.900 bits per heavy atom. The Hall–Kier alpha value is -3.12. The molecular formula is C24H27N3O3. The summed E-state index contributed by atoms with van der Waals surface area (Å²) >= 11 is 0. The Morgan fingerprint density at radius 2 is 1.57 bits per heavy atom. The minimum atomic E-state index is -0.304. The molecule has 0 N–H and O–H groups in total. The fourth-order valence-corrected chi connectivity index (χ4v) is 4.12. The van der Waals surface area contributed by atoms with Gasteiger partial charge in [-0.3, -0.25) is 9.59 Å². The van der Waals surface area contributed by atoms with Gasteiger partial charge in [-0.15, -0.1) is 0 Å². The number of rotatable bonds is 5. The lowest BCUT2D eigenvalue weighted by atomic mass is 10.0. The quantitative estimate of drug-likeness (QED) is 0.716. The smallest absolute Gasteiger partial charge is 0.282 e. The Balaban J connectivity index is 1.81. The molecule has 2 amide bonds. The molecule has 0 radical (unpaired) electrons. The molecule has 0 atom stereocenters. The Morgan fingerprint density at radius 3 is 2.20 bits per heavy atom. The lowest BCUT2D eigenvalue weighted by molar-refractivity contribution is -0.120. The second-order valence-electron chi connectivity index (χ2n) is 7.63. The van der Waals surface area contributed by atoms with Gasteiger partial charge in [-0.25, -0.2) is 4.90 Å². The van der Waals surface area contributed by atoms with Crippen molar-refractivity contribution in [1.82, 2.24) is 9.80 Å². The van der Waals surface area contributed by atoms with Gasteiger partial charge in [0.15, 0.2) is 0 Å². The van der Waals surface area contributed by atoms with Crippen LogP contribution in [0.1, 0.15) is 18.1 Å². The number of carbonyl (C=O) groups excluding carboxylic acids is 2. The largest absolute Gasteiger partial charge is 0.496 e. The number of imide groups is 1. The van der Waals surface area contributed by atoms with Crippen LogP contribution in [0.4, 0.5) is 5.69 Å². The molecule has 156 valence electrons. The molecule has 2 aliphatic heterocycles. The second kappa shape index (κ2) is 8.32. The number of aryl methyl sites for hydroxylation is 1. The molecular weight excluding hydrogens is 378 g/mol. The van der Waals surface area contributed by atoms with Crippen LogP contribution < -0.4 is 9.64 Å². The monoisotopic (exact) mass is 405 g/mol. The third kappa shape index (κ3) is 3.48. The number of likely N-dealkylation sites (N-methyl/N-ethyl adjacent to an activating group) is 1. The lowest BCUT2D eigenvalue weighted by Gasteiger charge is -2.36. The highest BCUT2D eigenvalue weighted by molar-refractivity contribution is 6.45. The molecule has 6 heteroatoms. The van der Waals surface area contributed by atoms with E-state index in [9.17, 15) is 9.59 Å². The molecule has 0 aromatic heterocycles. The highest BCUT2D eigenvalue weighted by atomic mass is 16.5. The average molecular weight is 405 g/mol. The number of benzene rings is 2. The predicted molar refractivity (Wildman–Crippen MR) is 117 cm³/mol. The van der Waals surface area contributed by atoms with E-state index in [-0.39, 0.29) is 11.8 Å². The van der Waals surface area contributed by atoms with Crippen molar-refractivity contribution >= 4 is 23.1 Å². The van der Waals surface area contributed by atoms with Crippen molar-refractivity contribution in [2.24, 2.45) is 0 Å². The summed E-state index contributed by atoms with van der Waals surface area (Å²) in [5.74, 6) is 0.0140. The number of methoxy groups -OCH3 is 1. The Kier molecular flexibility index (Phi) is 5.59. The lowest BCUT2D eigenvalue weighted by Crippen LogP contribution is -2.47. The molecule has 0 aliphatic carbocycles. The summed E-state index contributed by atoms with van der Waals surface area (Å²) in [6.07, 6.45) is 0. The van der Waals surface area contributed by atoms with E-state index in [1.807, 2.05) is 55.5 Å². The van der Waals surface area contributed by atoms with Crippen LogP contribution in [-0.4, -0.2) is 61.4 Å². The normalized spacial score (nSPS) is 17.8. The molecule has 2 aromatic rings. The summed E-state index contributed by atoms with van der Waals surface area (Å²) in [6.45, 7) is 8.25. The van der Waals surface area contributed by atoms with Crippen LogP contribution in [-0.2, 0) is 9.59 Å². The number of piperazine rings is 1. The number of ether oxygens (including phenoxy) is 1. The maximum atomic E-state index is 13.6. The highest BCUT2D eigenvalue weighted by Crippen LogP contribution is 2.38. The van der Waals surface area contributed by atoms with Crippen molar-refractivity contribution in [3.8, 4) is 5.75 Å². The van der Waals surface area contributed by atoms with Crippen LogP contribution >= 0.6 is 0 Å². The number of amides is 2. The molecule has 1 fully saturated rings. The Bertz CT molecular complexity index is 989. The van der Waals surface area contributed by atoms with E-state index < -0.39 is 0 Å². The molecule has 0 bridgehead atoms. The molecule has 2 aliphatic rings. The van der Waals surface area contributed by atoms with E-state index in [0.717, 1.165) is 25.2 Å². The number of hydrogen-bond donors (Lipinski definition) is 0. The molecule has 0 unspecified atom stereocenters. The van der Waals surface area contributed by atoms with Crippen LogP contribution in [0.3, 0.4) is 0 Å². The maximum Gasteiger partial charge on any atom is 0.282 e. The minimum absolute atomic E-state index is 0.269. The first-order valence-corrected chi connectivity index (χ1v) is 10.4.